The summed E-state index contributed by atoms with van der Waals surface area (Å²) in [6.07, 6.45) is 2.31. The number of thiophene rings is 1. The number of hydrogen-bond acceptors (Lipinski definition) is 3. The smallest absolute Gasteiger partial charge is 0.409 e. The standard InChI is InChI=1S/C8H6N2O2S/c11-8(12)10-6-4-13-7-3-9-2-1-5(6)7/h1-4,10H,(H,11,12). The molecule has 2 aromatic rings. The minimum Gasteiger partial charge on any atom is -0.465 e. The number of carbonyl (C=O) groups is 1. The van der Waals surface area contributed by atoms with Crippen molar-refractivity contribution in [2.75, 3.05) is 5.32 Å². The van der Waals surface area contributed by atoms with Gasteiger partial charge in [0.2, 0.25) is 0 Å². The fourth-order valence-corrected chi connectivity index (χ4v) is 1.95. The molecule has 2 aromatic heterocycles. The summed E-state index contributed by atoms with van der Waals surface area (Å²) >= 11 is 1.47. The quantitative estimate of drug-likeness (QED) is 0.732. The molecule has 0 aliphatic rings. The molecule has 0 aliphatic carbocycles. The second-order valence-corrected chi connectivity index (χ2v) is 3.36. The van der Waals surface area contributed by atoms with Gasteiger partial charge in [-0.3, -0.25) is 10.3 Å². The predicted octanol–water partition coefficient (Wildman–Crippen LogP) is 2.39. The van der Waals surface area contributed by atoms with Gasteiger partial charge in [0.25, 0.3) is 0 Å². The average Bonchev–Trinajstić information content (AvgIpc) is 2.48. The van der Waals surface area contributed by atoms with Gasteiger partial charge in [0.15, 0.2) is 0 Å². The van der Waals surface area contributed by atoms with Gasteiger partial charge in [0, 0.05) is 23.2 Å². The van der Waals surface area contributed by atoms with Crippen molar-refractivity contribution in [3.63, 3.8) is 0 Å². The van der Waals surface area contributed by atoms with Crippen LogP contribution < -0.4 is 5.32 Å². The van der Waals surface area contributed by atoms with E-state index >= 15 is 0 Å². The van der Waals surface area contributed by atoms with Gasteiger partial charge in [0.05, 0.1) is 10.4 Å². The molecule has 4 nitrogen and oxygen atoms in total. The molecule has 0 saturated carbocycles. The first kappa shape index (κ1) is 8.00. The first-order chi connectivity index (χ1) is 6.27. The summed E-state index contributed by atoms with van der Waals surface area (Å²) in [5.74, 6) is 0. The number of pyridine rings is 1. The molecular formula is C8H6N2O2S. The molecule has 0 fully saturated rings. The summed E-state index contributed by atoms with van der Waals surface area (Å²) in [7, 11) is 0. The van der Waals surface area contributed by atoms with Gasteiger partial charge in [-0.1, -0.05) is 0 Å². The topological polar surface area (TPSA) is 62.2 Å². The third-order valence-corrected chi connectivity index (χ3v) is 2.55. The number of aromatic nitrogens is 1. The molecule has 1 amide bonds. The Kier molecular flexibility index (Phi) is 1.86. The number of rotatable bonds is 1. The van der Waals surface area contributed by atoms with Crippen LogP contribution in [0.15, 0.2) is 23.8 Å². The molecule has 66 valence electrons. The number of carboxylic acid groups (broad SMARTS) is 1. The van der Waals surface area contributed by atoms with Crippen molar-refractivity contribution in [3.8, 4) is 0 Å². The zero-order valence-corrected chi connectivity index (χ0v) is 7.34. The van der Waals surface area contributed by atoms with E-state index in [-0.39, 0.29) is 0 Å². The maximum Gasteiger partial charge on any atom is 0.409 e. The van der Waals surface area contributed by atoms with E-state index in [0.29, 0.717) is 5.69 Å². The SMILES string of the molecule is O=C(O)Nc1csc2cnccc12. The van der Waals surface area contributed by atoms with E-state index in [1.165, 1.54) is 11.3 Å². The van der Waals surface area contributed by atoms with Crippen molar-refractivity contribution in [2.45, 2.75) is 0 Å². The van der Waals surface area contributed by atoms with Crippen molar-refractivity contribution >= 4 is 33.2 Å². The summed E-state index contributed by atoms with van der Waals surface area (Å²) in [6.45, 7) is 0. The highest BCUT2D eigenvalue weighted by Crippen LogP contribution is 2.28. The van der Waals surface area contributed by atoms with Gasteiger partial charge < -0.3 is 5.11 Å². The van der Waals surface area contributed by atoms with Crippen LogP contribution in [-0.2, 0) is 0 Å². The Morgan fingerprint density at radius 3 is 3.23 bits per heavy atom. The van der Waals surface area contributed by atoms with Crippen molar-refractivity contribution < 1.29 is 9.90 Å². The molecule has 0 bridgehead atoms. The minimum atomic E-state index is -1.04. The van der Waals surface area contributed by atoms with Gasteiger partial charge in [0.1, 0.15) is 0 Å². The van der Waals surface area contributed by atoms with Crippen LogP contribution in [0, 0.1) is 0 Å². The molecule has 5 heteroatoms. The molecule has 0 unspecified atom stereocenters. The molecule has 0 aliphatic heterocycles. The number of fused-ring (bicyclic) bond motifs is 1. The Labute approximate surface area is 77.8 Å². The average molecular weight is 194 g/mol. The van der Waals surface area contributed by atoms with Crippen LogP contribution in [0.25, 0.3) is 10.1 Å². The lowest BCUT2D eigenvalue weighted by atomic mass is 10.3. The summed E-state index contributed by atoms with van der Waals surface area (Å²) in [5, 5.41) is 13.5. The van der Waals surface area contributed by atoms with Gasteiger partial charge in [-0.05, 0) is 6.07 Å². The zero-order valence-electron chi connectivity index (χ0n) is 6.52. The van der Waals surface area contributed by atoms with Crippen molar-refractivity contribution in [1.29, 1.82) is 0 Å². The van der Waals surface area contributed by atoms with Gasteiger partial charge in [-0.25, -0.2) is 4.79 Å². The Hall–Kier alpha value is -1.62. The first-order valence-corrected chi connectivity index (χ1v) is 4.46. The van der Waals surface area contributed by atoms with Crippen molar-refractivity contribution in [1.82, 2.24) is 4.98 Å². The molecule has 0 aromatic carbocycles. The van der Waals surface area contributed by atoms with Crippen LogP contribution in [0.5, 0.6) is 0 Å². The Bertz CT molecular complexity index is 452. The van der Waals surface area contributed by atoms with E-state index in [1.807, 2.05) is 0 Å². The van der Waals surface area contributed by atoms with Crippen molar-refractivity contribution in [3.05, 3.63) is 23.8 Å². The summed E-state index contributed by atoms with van der Waals surface area (Å²) < 4.78 is 0.978. The molecule has 0 radical (unpaired) electrons. The lowest BCUT2D eigenvalue weighted by Crippen LogP contribution is -2.06. The predicted molar refractivity (Wildman–Crippen MR) is 51.3 cm³/mol. The molecule has 2 heterocycles. The van der Waals surface area contributed by atoms with Crippen LogP contribution in [-0.4, -0.2) is 16.2 Å². The fourth-order valence-electron chi connectivity index (χ4n) is 1.09. The van der Waals surface area contributed by atoms with Gasteiger partial charge in [-0.15, -0.1) is 11.3 Å². The normalized spacial score (nSPS) is 10.2. The monoisotopic (exact) mass is 194 g/mol. The Balaban J connectivity index is 2.51. The van der Waals surface area contributed by atoms with E-state index in [1.54, 1.807) is 23.8 Å². The van der Waals surface area contributed by atoms with Crippen molar-refractivity contribution in [2.24, 2.45) is 0 Å². The minimum absolute atomic E-state index is 0.620. The largest absolute Gasteiger partial charge is 0.465 e. The summed E-state index contributed by atoms with van der Waals surface area (Å²) in [4.78, 5) is 14.3. The maximum absolute atomic E-state index is 10.4. The van der Waals surface area contributed by atoms with Crippen LogP contribution in [0.2, 0.25) is 0 Å². The third-order valence-electron chi connectivity index (χ3n) is 1.62. The number of amides is 1. The second kappa shape index (κ2) is 3.02. The van der Waals surface area contributed by atoms with E-state index in [9.17, 15) is 4.79 Å². The highest BCUT2D eigenvalue weighted by atomic mass is 32.1. The Morgan fingerprint density at radius 1 is 1.62 bits per heavy atom. The van der Waals surface area contributed by atoms with E-state index in [0.717, 1.165) is 10.1 Å². The van der Waals surface area contributed by atoms with E-state index < -0.39 is 6.09 Å². The van der Waals surface area contributed by atoms with E-state index in [4.69, 9.17) is 5.11 Å². The zero-order chi connectivity index (χ0) is 9.26. The number of hydrogen-bond donors (Lipinski definition) is 2. The lowest BCUT2D eigenvalue weighted by Gasteiger charge is -1.96. The number of anilines is 1. The molecule has 0 saturated heterocycles. The van der Waals surface area contributed by atoms with Crippen LogP contribution >= 0.6 is 11.3 Å². The number of nitrogens with one attached hydrogen (secondary N) is 1. The summed E-state index contributed by atoms with van der Waals surface area (Å²) in [5.41, 5.74) is 0.620. The molecule has 0 spiro atoms. The fraction of sp³-hybridized carbons (Fsp3) is 0. The first-order valence-electron chi connectivity index (χ1n) is 3.58. The molecule has 2 N–H and O–H groups in total. The van der Waals surface area contributed by atoms with Crippen LogP contribution in [0.1, 0.15) is 0 Å². The highest BCUT2D eigenvalue weighted by Gasteiger charge is 2.05. The maximum atomic E-state index is 10.4. The molecule has 0 atom stereocenters. The molecule has 13 heavy (non-hydrogen) atoms. The van der Waals surface area contributed by atoms with Gasteiger partial charge in [-0.2, -0.15) is 0 Å². The highest BCUT2D eigenvalue weighted by molar-refractivity contribution is 7.17. The van der Waals surface area contributed by atoms with Crippen LogP contribution in [0.4, 0.5) is 10.5 Å². The second-order valence-electron chi connectivity index (χ2n) is 2.45. The van der Waals surface area contributed by atoms with Crippen LogP contribution in [0.3, 0.4) is 0 Å². The lowest BCUT2D eigenvalue weighted by molar-refractivity contribution is 0.210. The third kappa shape index (κ3) is 1.46. The molecule has 2 rings (SSSR count). The summed E-state index contributed by atoms with van der Waals surface area (Å²) in [6, 6.07) is 1.79. The van der Waals surface area contributed by atoms with Gasteiger partial charge >= 0.3 is 6.09 Å². The molecular weight excluding hydrogens is 188 g/mol. The van der Waals surface area contributed by atoms with E-state index in [2.05, 4.69) is 10.3 Å². The number of nitrogens with zero attached hydrogens (tertiary/aromatic N) is 1. The Morgan fingerprint density at radius 2 is 2.46 bits per heavy atom.